The van der Waals surface area contributed by atoms with Crippen LogP contribution < -0.4 is 4.90 Å². The van der Waals surface area contributed by atoms with E-state index >= 15 is 0 Å². The smallest absolute Gasteiger partial charge is 0.314 e. The molecule has 1 aliphatic rings. The summed E-state index contributed by atoms with van der Waals surface area (Å²) >= 11 is 3.33. The first-order valence-corrected chi connectivity index (χ1v) is 7.68. The maximum absolute atomic E-state index is 12.3. The van der Waals surface area contributed by atoms with Gasteiger partial charge in [0.05, 0.1) is 16.5 Å². The molecular formula is C14H20BrN3O2. The topological polar surface area (TPSA) is 55.3 Å². The molecule has 2 heterocycles. The van der Waals surface area contributed by atoms with Crippen molar-refractivity contribution in [3.63, 3.8) is 0 Å². The molecule has 0 spiro atoms. The average Bonchev–Trinajstić information content (AvgIpc) is 2.86. The van der Waals surface area contributed by atoms with Crippen LogP contribution in [0.25, 0.3) is 0 Å². The summed E-state index contributed by atoms with van der Waals surface area (Å²) in [7, 11) is 0. The van der Waals surface area contributed by atoms with Gasteiger partial charge in [-0.05, 0) is 35.2 Å². The molecule has 1 aromatic heterocycles. The van der Waals surface area contributed by atoms with Crippen LogP contribution in [0.3, 0.4) is 0 Å². The van der Waals surface area contributed by atoms with Crippen molar-refractivity contribution < 1.29 is 9.53 Å². The van der Waals surface area contributed by atoms with E-state index in [0.29, 0.717) is 19.1 Å². The molecule has 20 heavy (non-hydrogen) atoms. The van der Waals surface area contributed by atoms with Gasteiger partial charge in [-0.15, -0.1) is 0 Å². The van der Waals surface area contributed by atoms with Gasteiger partial charge >= 0.3 is 5.97 Å². The highest BCUT2D eigenvalue weighted by molar-refractivity contribution is 9.10. The maximum atomic E-state index is 12.3. The molecule has 5 nitrogen and oxygen atoms in total. The van der Waals surface area contributed by atoms with Gasteiger partial charge in [-0.3, -0.25) is 4.79 Å². The zero-order valence-corrected chi connectivity index (χ0v) is 13.7. The first kappa shape index (κ1) is 15.2. The van der Waals surface area contributed by atoms with E-state index in [1.807, 2.05) is 6.92 Å². The second kappa shape index (κ2) is 6.08. The van der Waals surface area contributed by atoms with Gasteiger partial charge in [0, 0.05) is 25.5 Å². The van der Waals surface area contributed by atoms with E-state index in [0.717, 1.165) is 17.4 Å². The fraction of sp³-hybridized carbons (Fsp3) is 0.643. The normalized spacial score (nSPS) is 22.4. The van der Waals surface area contributed by atoms with E-state index in [9.17, 15) is 4.79 Å². The van der Waals surface area contributed by atoms with Gasteiger partial charge in [0.15, 0.2) is 0 Å². The predicted molar refractivity (Wildman–Crippen MR) is 80.5 cm³/mol. The van der Waals surface area contributed by atoms with Crippen LogP contribution in [0.2, 0.25) is 0 Å². The van der Waals surface area contributed by atoms with Crippen molar-refractivity contribution in [3.8, 4) is 0 Å². The molecule has 1 fully saturated rings. The van der Waals surface area contributed by atoms with Crippen LogP contribution in [0.15, 0.2) is 16.9 Å². The SMILES string of the molecule is CCOC(=O)C1(C(C)C)CCN(c2ncc(Br)cn2)C1. The van der Waals surface area contributed by atoms with Crippen LogP contribution in [0.1, 0.15) is 27.2 Å². The maximum Gasteiger partial charge on any atom is 0.314 e. The number of carbonyl (C=O) groups excluding carboxylic acids is 1. The Morgan fingerprint density at radius 1 is 1.50 bits per heavy atom. The lowest BCUT2D eigenvalue weighted by atomic mass is 9.76. The lowest BCUT2D eigenvalue weighted by Gasteiger charge is -2.30. The third-order valence-corrected chi connectivity index (χ3v) is 4.39. The largest absolute Gasteiger partial charge is 0.466 e. The quantitative estimate of drug-likeness (QED) is 0.788. The highest BCUT2D eigenvalue weighted by Crippen LogP contribution is 2.40. The predicted octanol–water partition coefficient (Wildman–Crippen LogP) is 2.65. The number of nitrogens with zero attached hydrogens (tertiary/aromatic N) is 3. The van der Waals surface area contributed by atoms with E-state index in [1.54, 1.807) is 12.4 Å². The number of carbonyl (C=O) groups is 1. The van der Waals surface area contributed by atoms with Gasteiger partial charge in [0.25, 0.3) is 0 Å². The monoisotopic (exact) mass is 341 g/mol. The number of anilines is 1. The average molecular weight is 342 g/mol. The Morgan fingerprint density at radius 3 is 2.70 bits per heavy atom. The van der Waals surface area contributed by atoms with Gasteiger partial charge in [-0.1, -0.05) is 13.8 Å². The second-order valence-electron chi connectivity index (χ2n) is 5.40. The van der Waals surface area contributed by atoms with Crippen molar-refractivity contribution in [3.05, 3.63) is 16.9 Å². The van der Waals surface area contributed by atoms with Gasteiger partial charge in [-0.25, -0.2) is 9.97 Å². The van der Waals surface area contributed by atoms with Crippen molar-refractivity contribution in [2.24, 2.45) is 11.3 Å². The molecule has 0 radical (unpaired) electrons. The zero-order chi connectivity index (χ0) is 14.8. The van der Waals surface area contributed by atoms with Crippen LogP contribution in [0, 0.1) is 11.3 Å². The molecule has 1 atom stereocenters. The number of hydrogen-bond donors (Lipinski definition) is 0. The van der Waals surface area contributed by atoms with Gasteiger partial charge < -0.3 is 9.64 Å². The molecule has 110 valence electrons. The van der Waals surface area contributed by atoms with E-state index in [4.69, 9.17) is 4.74 Å². The Hall–Kier alpha value is -1.17. The molecule has 0 saturated carbocycles. The molecule has 6 heteroatoms. The van der Waals surface area contributed by atoms with Crippen LogP contribution in [-0.2, 0) is 9.53 Å². The number of rotatable bonds is 4. The molecule has 1 saturated heterocycles. The summed E-state index contributed by atoms with van der Waals surface area (Å²) in [4.78, 5) is 23.0. The molecule has 1 aliphatic heterocycles. The van der Waals surface area contributed by atoms with Gasteiger partial charge in [0.1, 0.15) is 0 Å². The summed E-state index contributed by atoms with van der Waals surface area (Å²) in [6.45, 7) is 7.80. The summed E-state index contributed by atoms with van der Waals surface area (Å²) in [6.07, 6.45) is 4.23. The molecule has 1 aromatic rings. The van der Waals surface area contributed by atoms with Crippen molar-refractivity contribution in [1.29, 1.82) is 0 Å². The van der Waals surface area contributed by atoms with E-state index in [2.05, 4.69) is 44.6 Å². The zero-order valence-electron chi connectivity index (χ0n) is 12.1. The molecule has 1 unspecified atom stereocenters. The number of aromatic nitrogens is 2. The molecule has 0 bridgehead atoms. The Morgan fingerprint density at radius 2 is 2.15 bits per heavy atom. The van der Waals surface area contributed by atoms with Crippen LogP contribution in [-0.4, -0.2) is 35.6 Å². The Balaban J connectivity index is 2.19. The summed E-state index contributed by atoms with van der Waals surface area (Å²) < 4.78 is 6.13. The Kier molecular flexibility index (Phi) is 4.62. The van der Waals surface area contributed by atoms with E-state index in [1.165, 1.54) is 0 Å². The Labute approximate surface area is 127 Å². The number of halogens is 1. The fourth-order valence-corrected chi connectivity index (χ4v) is 2.83. The summed E-state index contributed by atoms with van der Waals surface area (Å²) in [5, 5.41) is 0. The van der Waals surface area contributed by atoms with Crippen molar-refractivity contribution in [2.45, 2.75) is 27.2 Å². The van der Waals surface area contributed by atoms with Crippen LogP contribution in [0.5, 0.6) is 0 Å². The summed E-state index contributed by atoms with van der Waals surface area (Å²) in [5.74, 6) is 0.789. The molecule has 0 aromatic carbocycles. The standard InChI is InChI=1S/C14H20BrN3O2/c1-4-20-12(19)14(10(2)3)5-6-18(9-14)13-16-7-11(15)8-17-13/h7-8,10H,4-6,9H2,1-3H3. The van der Waals surface area contributed by atoms with Gasteiger partial charge in [0.2, 0.25) is 5.95 Å². The van der Waals surface area contributed by atoms with Gasteiger partial charge in [-0.2, -0.15) is 0 Å². The van der Waals surface area contributed by atoms with Crippen molar-refractivity contribution >= 4 is 27.8 Å². The fourth-order valence-electron chi connectivity index (χ4n) is 2.62. The third-order valence-electron chi connectivity index (χ3n) is 3.98. The first-order valence-electron chi connectivity index (χ1n) is 6.89. The highest BCUT2D eigenvalue weighted by atomic mass is 79.9. The number of hydrogen-bond acceptors (Lipinski definition) is 5. The van der Waals surface area contributed by atoms with Crippen LogP contribution in [0.4, 0.5) is 5.95 Å². The van der Waals surface area contributed by atoms with Crippen molar-refractivity contribution in [1.82, 2.24) is 9.97 Å². The molecule has 2 rings (SSSR count). The molecule has 0 amide bonds. The number of esters is 1. The minimum atomic E-state index is -0.452. The summed E-state index contributed by atoms with van der Waals surface area (Å²) in [6, 6.07) is 0. The van der Waals surface area contributed by atoms with Crippen LogP contribution >= 0.6 is 15.9 Å². The minimum Gasteiger partial charge on any atom is -0.466 e. The van der Waals surface area contributed by atoms with Crippen molar-refractivity contribution in [2.75, 3.05) is 24.6 Å². The third kappa shape index (κ3) is 2.80. The number of ether oxygens (including phenoxy) is 1. The minimum absolute atomic E-state index is 0.102. The van der Waals surface area contributed by atoms with E-state index in [-0.39, 0.29) is 11.9 Å². The highest BCUT2D eigenvalue weighted by Gasteiger charge is 2.48. The lowest BCUT2D eigenvalue weighted by Crippen LogP contribution is -2.41. The Bertz CT molecular complexity index is 478. The second-order valence-corrected chi connectivity index (χ2v) is 6.32. The summed E-state index contributed by atoms with van der Waals surface area (Å²) in [5.41, 5.74) is -0.452. The first-order chi connectivity index (χ1) is 9.49. The molecule has 0 N–H and O–H groups in total. The molecule has 0 aliphatic carbocycles. The van der Waals surface area contributed by atoms with E-state index < -0.39 is 5.41 Å². The molecular weight excluding hydrogens is 322 g/mol. The lowest BCUT2D eigenvalue weighted by molar-refractivity contribution is -0.156.